The lowest BCUT2D eigenvalue weighted by atomic mass is 9.74. The largest absolute Gasteiger partial charge is 0.366 e. The standard InChI is InChI=1S/C18H16ClN3OS/c1-18(23)16(22-9-3-2-4-10-22)15(14(11-20)17(24)21-18)12-5-7-13(19)8-6-12/h2-10,14-16,23H,1H3/p+1/t14-,15+,16-,18+/m0/s1. The van der Waals surface area contributed by atoms with E-state index in [-0.39, 0.29) is 5.92 Å². The zero-order valence-corrected chi connectivity index (χ0v) is 14.6. The van der Waals surface area contributed by atoms with Crippen LogP contribution in [-0.4, -0.2) is 15.8 Å². The van der Waals surface area contributed by atoms with Crippen molar-refractivity contribution in [2.75, 3.05) is 0 Å². The number of nitrogens with zero attached hydrogens (tertiary/aromatic N) is 2. The fourth-order valence-corrected chi connectivity index (χ4v) is 3.90. The lowest BCUT2D eigenvalue weighted by molar-refractivity contribution is -0.742. The van der Waals surface area contributed by atoms with E-state index in [1.165, 1.54) is 0 Å². The van der Waals surface area contributed by atoms with Gasteiger partial charge in [-0.15, -0.1) is 0 Å². The van der Waals surface area contributed by atoms with Gasteiger partial charge in [0.25, 0.3) is 0 Å². The van der Waals surface area contributed by atoms with Crippen molar-refractivity contribution >= 4 is 28.8 Å². The maximum atomic E-state index is 11.0. The van der Waals surface area contributed by atoms with Crippen molar-refractivity contribution in [1.29, 1.82) is 5.26 Å². The van der Waals surface area contributed by atoms with Crippen molar-refractivity contribution in [3.63, 3.8) is 0 Å². The first-order valence-electron chi connectivity index (χ1n) is 7.59. The molecule has 122 valence electrons. The van der Waals surface area contributed by atoms with Crippen LogP contribution in [0.5, 0.6) is 0 Å². The first-order chi connectivity index (χ1) is 11.4. The molecule has 4 atom stereocenters. The number of aromatic nitrogens is 1. The van der Waals surface area contributed by atoms with Crippen molar-refractivity contribution in [2.45, 2.75) is 24.6 Å². The van der Waals surface area contributed by atoms with Gasteiger partial charge in [0.1, 0.15) is 5.92 Å². The molecule has 0 aliphatic carbocycles. The molecule has 1 aromatic carbocycles. The van der Waals surface area contributed by atoms with Crippen LogP contribution in [0, 0.1) is 17.2 Å². The SMILES string of the molecule is C[C@]1(O)NC(=S)[C@@H](C#N)[C@@H](c2ccc(Cl)cc2)[C@@H]1[n+]1ccccc1. The van der Waals surface area contributed by atoms with Crippen LogP contribution < -0.4 is 9.88 Å². The molecular weight excluding hydrogens is 342 g/mol. The molecule has 0 saturated carbocycles. The third-order valence-corrected chi connectivity index (χ3v) is 5.00. The van der Waals surface area contributed by atoms with Gasteiger partial charge in [0.05, 0.1) is 17.0 Å². The zero-order valence-electron chi connectivity index (χ0n) is 13.1. The van der Waals surface area contributed by atoms with Crippen LogP contribution in [0.1, 0.15) is 24.4 Å². The van der Waals surface area contributed by atoms with Gasteiger partial charge in [0.2, 0.25) is 6.04 Å². The normalized spacial score (nSPS) is 29.6. The Morgan fingerprint density at radius 3 is 2.46 bits per heavy atom. The van der Waals surface area contributed by atoms with Gasteiger partial charge >= 0.3 is 0 Å². The summed E-state index contributed by atoms with van der Waals surface area (Å²) in [5.41, 5.74) is -0.378. The summed E-state index contributed by atoms with van der Waals surface area (Å²) in [5, 5.41) is 24.2. The lowest BCUT2D eigenvalue weighted by Gasteiger charge is -2.42. The summed E-state index contributed by atoms with van der Waals surface area (Å²) in [5.74, 6) is -0.845. The molecule has 2 heterocycles. The number of piperidine rings is 1. The predicted octanol–water partition coefficient (Wildman–Crippen LogP) is 2.73. The molecule has 1 aliphatic heterocycles. The van der Waals surface area contributed by atoms with E-state index in [1.54, 1.807) is 19.1 Å². The highest BCUT2D eigenvalue weighted by molar-refractivity contribution is 7.80. The fraction of sp³-hybridized carbons (Fsp3) is 0.278. The van der Waals surface area contributed by atoms with Gasteiger partial charge in [0, 0.05) is 17.2 Å². The second kappa shape index (κ2) is 6.48. The molecule has 1 saturated heterocycles. The third-order valence-electron chi connectivity index (χ3n) is 4.39. The quantitative estimate of drug-likeness (QED) is 0.640. The number of halogens is 1. The molecule has 2 aromatic rings. The molecule has 4 nitrogen and oxygen atoms in total. The van der Waals surface area contributed by atoms with E-state index >= 15 is 0 Å². The van der Waals surface area contributed by atoms with E-state index in [0.29, 0.717) is 10.0 Å². The van der Waals surface area contributed by atoms with Gasteiger partial charge in [0.15, 0.2) is 18.1 Å². The van der Waals surface area contributed by atoms with Crippen LogP contribution in [0.3, 0.4) is 0 Å². The van der Waals surface area contributed by atoms with Gasteiger partial charge in [-0.3, -0.25) is 0 Å². The van der Waals surface area contributed by atoms with Crippen molar-refractivity contribution in [3.8, 4) is 6.07 Å². The van der Waals surface area contributed by atoms with Crippen LogP contribution in [0.25, 0.3) is 0 Å². The van der Waals surface area contributed by atoms with E-state index in [1.807, 2.05) is 47.3 Å². The third kappa shape index (κ3) is 3.01. The van der Waals surface area contributed by atoms with E-state index in [2.05, 4.69) is 11.4 Å². The molecule has 6 heteroatoms. The number of nitrogens with one attached hydrogen (secondary N) is 1. The number of pyridine rings is 1. The highest BCUT2D eigenvalue weighted by Gasteiger charge is 2.54. The number of hydrogen-bond acceptors (Lipinski definition) is 3. The van der Waals surface area contributed by atoms with Crippen molar-refractivity contribution in [2.24, 2.45) is 5.92 Å². The molecule has 2 N–H and O–H groups in total. The zero-order chi connectivity index (χ0) is 17.3. The maximum Gasteiger partial charge on any atom is 0.213 e. The van der Waals surface area contributed by atoms with Crippen LogP contribution in [-0.2, 0) is 0 Å². The molecular formula is C18H17ClN3OS+. The highest BCUT2D eigenvalue weighted by atomic mass is 35.5. The van der Waals surface area contributed by atoms with Gasteiger partial charge in [-0.25, -0.2) is 0 Å². The first-order valence-corrected chi connectivity index (χ1v) is 8.38. The minimum Gasteiger partial charge on any atom is -0.366 e. The van der Waals surface area contributed by atoms with Crippen LogP contribution in [0.15, 0.2) is 54.9 Å². The fourth-order valence-electron chi connectivity index (χ4n) is 3.37. The molecule has 0 bridgehead atoms. The molecule has 1 fully saturated rings. The summed E-state index contributed by atoms with van der Waals surface area (Å²) in [7, 11) is 0. The second-order valence-electron chi connectivity index (χ2n) is 6.09. The number of thiocarbonyl (C=S) groups is 1. The summed E-state index contributed by atoms with van der Waals surface area (Å²) < 4.78 is 1.92. The Morgan fingerprint density at radius 2 is 1.88 bits per heavy atom. The monoisotopic (exact) mass is 358 g/mol. The summed E-state index contributed by atoms with van der Waals surface area (Å²) in [6, 6.07) is 14.9. The Balaban J connectivity index is 2.17. The molecule has 24 heavy (non-hydrogen) atoms. The van der Waals surface area contributed by atoms with Gasteiger partial charge < -0.3 is 10.4 Å². The van der Waals surface area contributed by atoms with Crippen LogP contribution in [0.2, 0.25) is 5.02 Å². The van der Waals surface area contributed by atoms with Crippen molar-refractivity contribution < 1.29 is 9.67 Å². The maximum absolute atomic E-state index is 11.0. The molecule has 0 spiro atoms. The molecule has 0 unspecified atom stereocenters. The Labute approximate surface area is 151 Å². The topological polar surface area (TPSA) is 59.9 Å². The Kier molecular flexibility index (Phi) is 4.55. The minimum absolute atomic E-state index is 0.302. The van der Waals surface area contributed by atoms with E-state index in [9.17, 15) is 10.4 Å². The lowest BCUT2D eigenvalue weighted by Crippen LogP contribution is -2.67. The molecule has 1 aliphatic rings. The number of nitriles is 1. The molecule has 0 radical (unpaired) electrons. The van der Waals surface area contributed by atoms with Gasteiger partial charge in [-0.05, 0) is 24.6 Å². The van der Waals surface area contributed by atoms with Crippen molar-refractivity contribution in [3.05, 3.63) is 65.4 Å². The number of hydrogen-bond donors (Lipinski definition) is 2. The number of benzene rings is 1. The van der Waals surface area contributed by atoms with E-state index in [4.69, 9.17) is 23.8 Å². The van der Waals surface area contributed by atoms with Gasteiger partial charge in [-0.2, -0.15) is 9.83 Å². The van der Waals surface area contributed by atoms with Crippen molar-refractivity contribution in [1.82, 2.24) is 5.32 Å². The average molecular weight is 359 g/mol. The predicted molar refractivity (Wildman–Crippen MR) is 95.3 cm³/mol. The number of rotatable bonds is 2. The smallest absolute Gasteiger partial charge is 0.213 e. The Hall–Kier alpha value is -2.00. The summed E-state index contributed by atoms with van der Waals surface area (Å²) in [6.45, 7) is 1.68. The molecule has 0 amide bonds. The number of aliphatic hydroxyl groups is 1. The Bertz CT molecular complexity index is 786. The Morgan fingerprint density at radius 1 is 1.25 bits per heavy atom. The highest BCUT2D eigenvalue weighted by Crippen LogP contribution is 2.42. The van der Waals surface area contributed by atoms with Gasteiger partial charge in [-0.1, -0.05) is 42.0 Å². The van der Waals surface area contributed by atoms with E-state index in [0.717, 1.165) is 5.56 Å². The summed E-state index contributed by atoms with van der Waals surface area (Å²) in [6.07, 6.45) is 3.76. The van der Waals surface area contributed by atoms with E-state index < -0.39 is 17.7 Å². The molecule has 1 aromatic heterocycles. The summed E-state index contributed by atoms with van der Waals surface area (Å²) >= 11 is 11.4. The second-order valence-corrected chi connectivity index (χ2v) is 6.96. The first kappa shape index (κ1) is 16.8. The minimum atomic E-state index is -1.29. The summed E-state index contributed by atoms with van der Waals surface area (Å²) in [4.78, 5) is 0.357. The average Bonchev–Trinajstić information content (AvgIpc) is 2.55. The van der Waals surface area contributed by atoms with Crippen LogP contribution >= 0.6 is 23.8 Å². The molecule has 3 rings (SSSR count). The van der Waals surface area contributed by atoms with Crippen LogP contribution in [0.4, 0.5) is 0 Å².